The first-order valence-electron chi connectivity index (χ1n) is 10.4. The van der Waals surface area contributed by atoms with Crippen LogP contribution in [0.2, 0.25) is 0 Å². The van der Waals surface area contributed by atoms with E-state index in [-0.39, 0.29) is 5.92 Å². The third-order valence-corrected chi connectivity index (χ3v) is 5.55. The third-order valence-electron chi connectivity index (χ3n) is 5.55. The molecule has 29 heavy (non-hydrogen) atoms. The van der Waals surface area contributed by atoms with Crippen molar-refractivity contribution in [2.24, 2.45) is 5.92 Å². The topological polar surface area (TPSA) is 71.1 Å². The van der Waals surface area contributed by atoms with Gasteiger partial charge in [0.15, 0.2) is 5.58 Å². The lowest BCUT2D eigenvalue weighted by Gasteiger charge is -2.22. The van der Waals surface area contributed by atoms with Gasteiger partial charge in [0.25, 0.3) is 0 Å². The molecule has 0 radical (unpaired) electrons. The van der Waals surface area contributed by atoms with Gasteiger partial charge in [0.1, 0.15) is 5.52 Å². The Morgan fingerprint density at radius 3 is 2.66 bits per heavy atom. The molecule has 2 heterocycles. The number of oxazole rings is 1. The van der Waals surface area contributed by atoms with Gasteiger partial charge in [0.2, 0.25) is 5.89 Å². The highest BCUT2D eigenvalue weighted by Crippen LogP contribution is 2.31. The van der Waals surface area contributed by atoms with E-state index >= 15 is 0 Å². The van der Waals surface area contributed by atoms with Crippen molar-refractivity contribution in [3.05, 3.63) is 53.1 Å². The molecule has 1 aliphatic heterocycles. The highest BCUT2D eigenvalue weighted by atomic mass is 16.5. The molecule has 5 heteroatoms. The molecule has 0 saturated carbocycles. The fourth-order valence-corrected chi connectivity index (χ4v) is 3.81. The number of fused-ring (bicyclic) bond motifs is 1. The number of aromatic nitrogens is 1. The first kappa shape index (κ1) is 19.6. The van der Waals surface area contributed by atoms with E-state index in [1.807, 2.05) is 18.2 Å². The van der Waals surface area contributed by atoms with Gasteiger partial charge in [-0.2, -0.15) is 5.26 Å². The summed E-state index contributed by atoms with van der Waals surface area (Å²) in [5.41, 5.74) is 5.20. The Bertz CT molecular complexity index is 1010. The van der Waals surface area contributed by atoms with Crippen molar-refractivity contribution in [2.75, 3.05) is 19.7 Å². The van der Waals surface area contributed by atoms with Gasteiger partial charge in [-0.05, 0) is 67.6 Å². The van der Waals surface area contributed by atoms with Gasteiger partial charge in [0, 0.05) is 17.7 Å². The van der Waals surface area contributed by atoms with E-state index in [0.717, 1.165) is 47.5 Å². The van der Waals surface area contributed by atoms with Gasteiger partial charge in [-0.15, -0.1) is 0 Å². The monoisotopic (exact) mass is 389 g/mol. The Labute approximate surface area is 171 Å². The number of nitrogens with zero attached hydrogens (tertiary/aromatic N) is 2. The molecular weight excluding hydrogens is 362 g/mol. The summed E-state index contributed by atoms with van der Waals surface area (Å²) >= 11 is 0. The maximum Gasteiger partial charge on any atom is 0.227 e. The van der Waals surface area contributed by atoms with Crippen LogP contribution in [0.3, 0.4) is 0 Å². The van der Waals surface area contributed by atoms with Crippen molar-refractivity contribution in [2.45, 2.75) is 39.2 Å². The molecule has 0 spiro atoms. The van der Waals surface area contributed by atoms with Crippen molar-refractivity contribution >= 4 is 11.1 Å². The highest BCUT2D eigenvalue weighted by Gasteiger charge is 2.16. The molecule has 3 aromatic rings. The zero-order valence-electron chi connectivity index (χ0n) is 17.1. The molecule has 1 aliphatic rings. The number of piperidine rings is 1. The summed E-state index contributed by atoms with van der Waals surface area (Å²) in [6.45, 7) is 7.84. The van der Waals surface area contributed by atoms with Crippen LogP contribution in [0.4, 0.5) is 0 Å². The molecule has 0 atom stereocenters. The van der Waals surface area contributed by atoms with Crippen LogP contribution >= 0.6 is 0 Å². The highest BCUT2D eigenvalue weighted by molar-refractivity contribution is 5.81. The Morgan fingerprint density at radius 1 is 1.21 bits per heavy atom. The number of ether oxygens (including phenoxy) is 1. The maximum absolute atomic E-state index is 9.29. The number of rotatable bonds is 6. The summed E-state index contributed by atoms with van der Waals surface area (Å²) in [7, 11) is 0. The second-order valence-corrected chi connectivity index (χ2v) is 8.10. The lowest BCUT2D eigenvalue weighted by Crippen LogP contribution is -2.29. The van der Waals surface area contributed by atoms with E-state index in [1.54, 1.807) is 6.07 Å². The molecule has 150 valence electrons. The third kappa shape index (κ3) is 4.50. The Hall–Kier alpha value is -2.68. The largest absolute Gasteiger partial charge is 0.436 e. The minimum absolute atomic E-state index is 0.256. The fraction of sp³-hybridized carbons (Fsp3) is 0.417. The Morgan fingerprint density at radius 2 is 1.97 bits per heavy atom. The van der Waals surface area contributed by atoms with Crippen LogP contribution in [0.15, 0.2) is 40.8 Å². The first-order chi connectivity index (χ1) is 14.1. The van der Waals surface area contributed by atoms with Crippen molar-refractivity contribution in [3.63, 3.8) is 0 Å². The minimum atomic E-state index is 0.256. The molecule has 0 amide bonds. The summed E-state index contributed by atoms with van der Waals surface area (Å²) < 4.78 is 12.0. The fourth-order valence-electron chi connectivity index (χ4n) is 3.81. The van der Waals surface area contributed by atoms with Crippen molar-refractivity contribution in [1.29, 1.82) is 5.26 Å². The predicted octanol–water partition coefficient (Wildman–Crippen LogP) is 5.01. The van der Waals surface area contributed by atoms with E-state index in [0.29, 0.717) is 24.0 Å². The van der Waals surface area contributed by atoms with Crippen LogP contribution in [0.25, 0.3) is 22.6 Å². The summed E-state index contributed by atoms with van der Waals surface area (Å²) in [5.74, 6) is 1.51. The number of hydrogen-bond acceptors (Lipinski definition) is 5. The molecule has 1 aromatic heterocycles. The van der Waals surface area contributed by atoms with E-state index in [2.05, 4.69) is 42.4 Å². The molecule has 1 N–H and O–H groups in total. The Balaban J connectivity index is 1.47. The van der Waals surface area contributed by atoms with Crippen LogP contribution in [-0.2, 0) is 11.3 Å². The van der Waals surface area contributed by atoms with Gasteiger partial charge < -0.3 is 14.5 Å². The number of hydrogen-bond donors (Lipinski definition) is 1. The van der Waals surface area contributed by atoms with Crippen LogP contribution in [0.5, 0.6) is 0 Å². The first-order valence-corrected chi connectivity index (χ1v) is 10.4. The molecule has 1 saturated heterocycles. The summed E-state index contributed by atoms with van der Waals surface area (Å²) in [6.07, 6.45) is 2.39. The lowest BCUT2D eigenvalue weighted by atomic mass is 9.99. The Kier molecular flexibility index (Phi) is 5.94. The van der Waals surface area contributed by atoms with Gasteiger partial charge in [0.05, 0.1) is 18.2 Å². The molecule has 0 bridgehead atoms. The van der Waals surface area contributed by atoms with Gasteiger partial charge >= 0.3 is 0 Å². The molecule has 0 unspecified atom stereocenters. The quantitative estimate of drug-likeness (QED) is 0.642. The van der Waals surface area contributed by atoms with Crippen molar-refractivity contribution < 1.29 is 9.15 Å². The standard InChI is InChI=1S/C24H27N3O2/c1-16(2)21-11-19(13-25)12-22-23(21)29-24(27-22)20-5-3-17(4-6-20)14-28-15-18-7-9-26-10-8-18/h3-6,11-12,16,18,26H,7-10,14-15H2,1-2H3. The zero-order valence-corrected chi connectivity index (χ0v) is 17.1. The van der Waals surface area contributed by atoms with Crippen LogP contribution in [0, 0.1) is 17.2 Å². The maximum atomic E-state index is 9.29. The number of benzene rings is 2. The van der Waals surface area contributed by atoms with E-state index in [4.69, 9.17) is 9.15 Å². The molecule has 2 aromatic carbocycles. The van der Waals surface area contributed by atoms with Crippen molar-refractivity contribution in [1.82, 2.24) is 10.3 Å². The second kappa shape index (κ2) is 8.77. The normalized spacial score (nSPS) is 15.1. The smallest absolute Gasteiger partial charge is 0.227 e. The summed E-state index contributed by atoms with van der Waals surface area (Å²) in [6, 6.07) is 14.1. The number of nitriles is 1. The molecular formula is C24H27N3O2. The van der Waals surface area contributed by atoms with E-state index < -0.39 is 0 Å². The van der Waals surface area contributed by atoms with Crippen LogP contribution in [-0.4, -0.2) is 24.7 Å². The molecule has 4 rings (SSSR count). The zero-order chi connectivity index (χ0) is 20.2. The average Bonchev–Trinajstić information content (AvgIpc) is 3.18. The van der Waals surface area contributed by atoms with Crippen LogP contribution < -0.4 is 5.32 Å². The summed E-state index contributed by atoms with van der Waals surface area (Å²) in [4.78, 5) is 4.63. The van der Waals surface area contributed by atoms with E-state index in [1.165, 1.54) is 12.8 Å². The number of nitrogens with one attached hydrogen (secondary N) is 1. The molecule has 1 fully saturated rings. The van der Waals surface area contributed by atoms with Gasteiger partial charge in [-0.3, -0.25) is 0 Å². The molecule has 0 aliphatic carbocycles. The van der Waals surface area contributed by atoms with Crippen molar-refractivity contribution in [3.8, 4) is 17.5 Å². The predicted molar refractivity (Wildman–Crippen MR) is 113 cm³/mol. The van der Waals surface area contributed by atoms with Gasteiger partial charge in [-0.1, -0.05) is 26.0 Å². The lowest BCUT2D eigenvalue weighted by molar-refractivity contribution is 0.0763. The van der Waals surface area contributed by atoms with E-state index in [9.17, 15) is 5.26 Å². The second-order valence-electron chi connectivity index (χ2n) is 8.10. The van der Waals surface area contributed by atoms with Crippen LogP contribution in [0.1, 0.15) is 49.3 Å². The SMILES string of the molecule is CC(C)c1cc(C#N)cc2nc(-c3ccc(COCC4CCNCC4)cc3)oc12. The molecule has 5 nitrogen and oxygen atoms in total. The summed E-state index contributed by atoms with van der Waals surface area (Å²) in [5, 5.41) is 12.7. The average molecular weight is 389 g/mol. The minimum Gasteiger partial charge on any atom is -0.436 e. The van der Waals surface area contributed by atoms with Gasteiger partial charge in [-0.25, -0.2) is 4.98 Å².